The van der Waals surface area contributed by atoms with E-state index in [1.807, 2.05) is 0 Å². The summed E-state index contributed by atoms with van der Waals surface area (Å²) in [7, 11) is 0. The summed E-state index contributed by atoms with van der Waals surface area (Å²) in [5.74, 6) is 0. The summed E-state index contributed by atoms with van der Waals surface area (Å²) in [6.45, 7) is 10.9. The molecule has 0 saturated heterocycles. The van der Waals surface area contributed by atoms with Crippen LogP contribution < -0.4 is 5.32 Å². The van der Waals surface area contributed by atoms with E-state index in [9.17, 15) is 0 Å². The number of rotatable bonds is 4. The highest BCUT2D eigenvalue weighted by Crippen LogP contribution is 2.23. The van der Waals surface area contributed by atoms with Gasteiger partial charge in [-0.2, -0.15) is 0 Å². The second-order valence-corrected chi connectivity index (χ2v) is 5.88. The maximum Gasteiger partial charge on any atom is 0.0300 e. The van der Waals surface area contributed by atoms with E-state index >= 15 is 0 Å². The molecular formula is C19H25N. The van der Waals surface area contributed by atoms with Gasteiger partial charge in [-0.1, -0.05) is 53.6 Å². The monoisotopic (exact) mass is 267 g/mol. The van der Waals surface area contributed by atoms with E-state index in [4.69, 9.17) is 0 Å². The molecule has 0 aliphatic heterocycles. The Labute approximate surface area is 123 Å². The van der Waals surface area contributed by atoms with Gasteiger partial charge in [0.25, 0.3) is 0 Å². The molecule has 0 bridgehead atoms. The van der Waals surface area contributed by atoms with Crippen LogP contribution in [-0.4, -0.2) is 0 Å². The van der Waals surface area contributed by atoms with E-state index in [0.29, 0.717) is 12.1 Å². The Bertz CT molecular complexity index is 569. The maximum absolute atomic E-state index is 3.70. The van der Waals surface area contributed by atoms with Crippen molar-refractivity contribution in [1.82, 2.24) is 5.32 Å². The molecule has 0 aromatic heterocycles. The van der Waals surface area contributed by atoms with Crippen molar-refractivity contribution in [2.24, 2.45) is 0 Å². The minimum Gasteiger partial charge on any atom is -0.304 e. The van der Waals surface area contributed by atoms with Crippen LogP contribution in [0.15, 0.2) is 42.5 Å². The zero-order chi connectivity index (χ0) is 14.7. The molecule has 1 N–H and O–H groups in total. The predicted molar refractivity (Wildman–Crippen MR) is 87.1 cm³/mol. The van der Waals surface area contributed by atoms with E-state index in [1.165, 1.54) is 27.8 Å². The Morgan fingerprint density at radius 3 is 2.00 bits per heavy atom. The molecule has 1 heteroatoms. The summed E-state index contributed by atoms with van der Waals surface area (Å²) in [5.41, 5.74) is 6.72. The summed E-state index contributed by atoms with van der Waals surface area (Å²) in [6.07, 6.45) is 0. The Kier molecular flexibility index (Phi) is 4.61. The molecule has 1 nitrogen and oxygen atoms in total. The fourth-order valence-corrected chi connectivity index (χ4v) is 2.64. The highest BCUT2D eigenvalue weighted by Gasteiger charge is 2.12. The molecule has 0 aliphatic carbocycles. The molecule has 0 spiro atoms. The molecule has 2 atom stereocenters. The zero-order valence-corrected chi connectivity index (χ0v) is 13.2. The second kappa shape index (κ2) is 6.23. The molecule has 0 fully saturated rings. The van der Waals surface area contributed by atoms with Crippen LogP contribution in [0, 0.1) is 20.8 Å². The number of hydrogen-bond donors (Lipinski definition) is 1. The molecule has 0 amide bonds. The van der Waals surface area contributed by atoms with E-state index in [0.717, 1.165) is 0 Å². The van der Waals surface area contributed by atoms with Crippen LogP contribution in [0.5, 0.6) is 0 Å². The first-order chi connectivity index (χ1) is 9.47. The number of hydrogen-bond acceptors (Lipinski definition) is 1. The van der Waals surface area contributed by atoms with Gasteiger partial charge >= 0.3 is 0 Å². The maximum atomic E-state index is 3.70. The van der Waals surface area contributed by atoms with Gasteiger partial charge in [0.15, 0.2) is 0 Å². The van der Waals surface area contributed by atoms with Gasteiger partial charge < -0.3 is 5.32 Å². The lowest BCUT2D eigenvalue weighted by molar-refractivity contribution is 0.493. The van der Waals surface area contributed by atoms with Crippen LogP contribution in [0.3, 0.4) is 0 Å². The summed E-state index contributed by atoms with van der Waals surface area (Å²) < 4.78 is 0. The summed E-state index contributed by atoms with van der Waals surface area (Å²) in [5, 5.41) is 3.70. The SMILES string of the molecule is Cc1ccc([C@@H](C)NC(C)c2cc(C)ccc2C)cc1. The standard InChI is InChI=1S/C19H25N/c1-13-7-10-18(11-8-13)16(4)20-17(5)19-12-14(2)6-9-15(19)3/h6-12,16-17,20H,1-5H3/t16-,17?/m1/s1. The molecule has 0 heterocycles. The quantitative estimate of drug-likeness (QED) is 0.819. The average Bonchev–Trinajstić information content (AvgIpc) is 2.42. The number of benzene rings is 2. The topological polar surface area (TPSA) is 12.0 Å². The smallest absolute Gasteiger partial charge is 0.0300 e. The first kappa shape index (κ1) is 14.8. The minimum absolute atomic E-state index is 0.352. The fraction of sp³-hybridized carbons (Fsp3) is 0.368. The van der Waals surface area contributed by atoms with Gasteiger partial charge in [0, 0.05) is 12.1 Å². The van der Waals surface area contributed by atoms with Crippen molar-refractivity contribution >= 4 is 0 Å². The number of aryl methyl sites for hydroxylation is 3. The van der Waals surface area contributed by atoms with Crippen molar-refractivity contribution < 1.29 is 0 Å². The van der Waals surface area contributed by atoms with Crippen LogP contribution in [0.1, 0.15) is 53.7 Å². The van der Waals surface area contributed by atoms with Crippen molar-refractivity contribution in [1.29, 1.82) is 0 Å². The Morgan fingerprint density at radius 1 is 0.750 bits per heavy atom. The zero-order valence-electron chi connectivity index (χ0n) is 13.2. The van der Waals surface area contributed by atoms with Crippen LogP contribution in [0.25, 0.3) is 0 Å². The van der Waals surface area contributed by atoms with Crippen molar-refractivity contribution in [3.05, 3.63) is 70.3 Å². The molecule has 2 aromatic carbocycles. The first-order valence-corrected chi connectivity index (χ1v) is 7.37. The predicted octanol–water partition coefficient (Wildman–Crippen LogP) is 5.02. The highest BCUT2D eigenvalue weighted by atomic mass is 14.9. The Balaban J connectivity index is 2.12. The third kappa shape index (κ3) is 3.49. The molecule has 20 heavy (non-hydrogen) atoms. The molecule has 2 rings (SSSR count). The largest absolute Gasteiger partial charge is 0.304 e. The normalized spacial score (nSPS) is 14.1. The average molecular weight is 267 g/mol. The van der Waals surface area contributed by atoms with E-state index in [1.54, 1.807) is 0 Å². The lowest BCUT2D eigenvalue weighted by atomic mass is 9.98. The fourth-order valence-electron chi connectivity index (χ4n) is 2.64. The van der Waals surface area contributed by atoms with Crippen LogP contribution >= 0.6 is 0 Å². The van der Waals surface area contributed by atoms with Gasteiger partial charge in [0.05, 0.1) is 0 Å². The highest BCUT2D eigenvalue weighted by molar-refractivity contribution is 5.33. The van der Waals surface area contributed by atoms with E-state index < -0.39 is 0 Å². The summed E-state index contributed by atoms with van der Waals surface area (Å²) in [4.78, 5) is 0. The number of nitrogens with one attached hydrogen (secondary N) is 1. The molecular weight excluding hydrogens is 242 g/mol. The van der Waals surface area contributed by atoms with E-state index in [2.05, 4.69) is 82.4 Å². The van der Waals surface area contributed by atoms with Crippen molar-refractivity contribution in [2.75, 3.05) is 0 Å². The van der Waals surface area contributed by atoms with Gasteiger partial charge in [-0.25, -0.2) is 0 Å². The summed E-state index contributed by atoms with van der Waals surface area (Å²) in [6, 6.07) is 16.2. The Morgan fingerprint density at radius 2 is 1.35 bits per heavy atom. The van der Waals surface area contributed by atoms with Gasteiger partial charge in [0.1, 0.15) is 0 Å². The van der Waals surface area contributed by atoms with Crippen LogP contribution in [-0.2, 0) is 0 Å². The molecule has 0 radical (unpaired) electrons. The molecule has 0 aliphatic rings. The molecule has 2 aromatic rings. The van der Waals surface area contributed by atoms with Crippen LogP contribution in [0.2, 0.25) is 0 Å². The lowest BCUT2D eigenvalue weighted by Gasteiger charge is -2.22. The molecule has 0 saturated carbocycles. The van der Waals surface area contributed by atoms with Gasteiger partial charge in [-0.05, 0) is 51.3 Å². The van der Waals surface area contributed by atoms with Crippen molar-refractivity contribution in [3.63, 3.8) is 0 Å². The summed E-state index contributed by atoms with van der Waals surface area (Å²) >= 11 is 0. The molecule has 1 unspecified atom stereocenters. The lowest BCUT2D eigenvalue weighted by Crippen LogP contribution is -2.23. The second-order valence-electron chi connectivity index (χ2n) is 5.88. The minimum atomic E-state index is 0.352. The van der Waals surface area contributed by atoms with Crippen molar-refractivity contribution in [3.8, 4) is 0 Å². The van der Waals surface area contributed by atoms with E-state index in [-0.39, 0.29) is 0 Å². The van der Waals surface area contributed by atoms with Gasteiger partial charge in [-0.3, -0.25) is 0 Å². The van der Waals surface area contributed by atoms with Gasteiger partial charge in [0.2, 0.25) is 0 Å². The third-order valence-electron chi connectivity index (χ3n) is 3.98. The first-order valence-electron chi connectivity index (χ1n) is 7.37. The molecule has 106 valence electrons. The van der Waals surface area contributed by atoms with Crippen molar-refractivity contribution in [2.45, 2.75) is 46.7 Å². The Hall–Kier alpha value is -1.60. The van der Waals surface area contributed by atoms with Gasteiger partial charge in [-0.15, -0.1) is 0 Å². The van der Waals surface area contributed by atoms with Crippen LogP contribution in [0.4, 0.5) is 0 Å². The third-order valence-corrected chi connectivity index (χ3v) is 3.98.